The van der Waals surface area contributed by atoms with Gasteiger partial charge in [-0.15, -0.1) is 0 Å². The van der Waals surface area contributed by atoms with E-state index >= 15 is 0 Å². The number of aliphatic carboxylic acids is 1. The van der Waals surface area contributed by atoms with E-state index in [-0.39, 0.29) is 24.9 Å². The van der Waals surface area contributed by atoms with Crippen molar-refractivity contribution in [1.29, 1.82) is 0 Å². The van der Waals surface area contributed by atoms with Crippen molar-refractivity contribution >= 4 is 17.8 Å². The van der Waals surface area contributed by atoms with Gasteiger partial charge in [-0.2, -0.15) is 0 Å². The predicted octanol–water partition coefficient (Wildman–Crippen LogP) is 0.0505. The van der Waals surface area contributed by atoms with Gasteiger partial charge >= 0.3 is 5.97 Å². The number of carbonyl (C=O) groups excluding carboxylic acids is 2. The molecule has 1 fully saturated rings. The number of methoxy groups -OCH3 is 1. The fraction of sp³-hybridized carbons (Fsp3) is 0.786. The van der Waals surface area contributed by atoms with Crippen LogP contribution in [-0.4, -0.2) is 73.6 Å². The summed E-state index contributed by atoms with van der Waals surface area (Å²) in [6, 6.07) is 0. The van der Waals surface area contributed by atoms with Gasteiger partial charge in [-0.25, -0.2) is 0 Å². The molecule has 0 unspecified atom stereocenters. The van der Waals surface area contributed by atoms with Gasteiger partial charge < -0.3 is 19.6 Å². The van der Waals surface area contributed by atoms with Gasteiger partial charge in [-0.1, -0.05) is 6.42 Å². The van der Waals surface area contributed by atoms with Crippen molar-refractivity contribution in [3.8, 4) is 0 Å². The van der Waals surface area contributed by atoms with Crippen LogP contribution in [0.4, 0.5) is 0 Å². The Morgan fingerprint density at radius 3 is 2.33 bits per heavy atom. The summed E-state index contributed by atoms with van der Waals surface area (Å²) in [7, 11) is 4.76. The molecule has 0 aliphatic heterocycles. The molecule has 1 saturated carbocycles. The van der Waals surface area contributed by atoms with Crippen LogP contribution >= 0.6 is 0 Å². The topological polar surface area (TPSA) is 87.2 Å². The van der Waals surface area contributed by atoms with E-state index in [0.29, 0.717) is 19.4 Å². The van der Waals surface area contributed by atoms with Crippen molar-refractivity contribution in [2.75, 3.05) is 40.9 Å². The van der Waals surface area contributed by atoms with Gasteiger partial charge in [0.2, 0.25) is 11.8 Å². The Labute approximate surface area is 124 Å². The number of carbonyl (C=O) groups is 3. The summed E-state index contributed by atoms with van der Waals surface area (Å²) >= 11 is 0. The largest absolute Gasteiger partial charge is 0.481 e. The maximum absolute atomic E-state index is 12.6. The zero-order valence-corrected chi connectivity index (χ0v) is 12.9. The van der Waals surface area contributed by atoms with Gasteiger partial charge in [0.25, 0.3) is 0 Å². The lowest BCUT2D eigenvalue weighted by molar-refractivity contribution is -0.150. The third-order valence-corrected chi connectivity index (χ3v) is 3.85. The van der Waals surface area contributed by atoms with Crippen molar-refractivity contribution in [3.63, 3.8) is 0 Å². The van der Waals surface area contributed by atoms with Crippen LogP contribution in [-0.2, 0) is 19.1 Å². The molecule has 1 aliphatic carbocycles. The van der Waals surface area contributed by atoms with E-state index in [4.69, 9.17) is 4.74 Å². The Morgan fingerprint density at radius 2 is 1.81 bits per heavy atom. The average Bonchev–Trinajstić information content (AvgIpc) is 2.91. The van der Waals surface area contributed by atoms with Crippen molar-refractivity contribution < 1.29 is 24.2 Å². The Morgan fingerprint density at radius 1 is 1.19 bits per heavy atom. The predicted molar refractivity (Wildman–Crippen MR) is 75.6 cm³/mol. The van der Waals surface area contributed by atoms with Crippen LogP contribution in [0.5, 0.6) is 0 Å². The molecule has 0 radical (unpaired) electrons. The highest BCUT2D eigenvalue weighted by molar-refractivity contribution is 5.88. The quantitative estimate of drug-likeness (QED) is 0.718. The fourth-order valence-corrected chi connectivity index (χ4v) is 2.56. The second-order valence-corrected chi connectivity index (χ2v) is 5.52. The van der Waals surface area contributed by atoms with Crippen molar-refractivity contribution in [2.24, 2.45) is 11.8 Å². The molecular weight excluding hydrogens is 276 g/mol. The van der Waals surface area contributed by atoms with Crippen molar-refractivity contribution in [1.82, 2.24) is 9.80 Å². The molecule has 0 heterocycles. The van der Waals surface area contributed by atoms with Gasteiger partial charge in [-0.3, -0.25) is 14.4 Å². The van der Waals surface area contributed by atoms with E-state index in [9.17, 15) is 19.5 Å². The van der Waals surface area contributed by atoms with Crippen LogP contribution in [0.15, 0.2) is 0 Å². The first kappa shape index (κ1) is 17.4. The summed E-state index contributed by atoms with van der Waals surface area (Å²) in [5.74, 6) is -2.56. The molecule has 2 amide bonds. The number of carboxylic acid groups (broad SMARTS) is 1. The van der Waals surface area contributed by atoms with E-state index in [2.05, 4.69) is 0 Å². The maximum Gasteiger partial charge on any atom is 0.307 e. The molecule has 0 aromatic carbocycles. The highest BCUT2D eigenvalue weighted by Gasteiger charge is 2.40. The van der Waals surface area contributed by atoms with Gasteiger partial charge in [-0.05, 0) is 12.8 Å². The molecule has 1 aliphatic rings. The Hall–Kier alpha value is -1.63. The lowest BCUT2D eigenvalue weighted by Crippen LogP contribution is -2.45. The minimum Gasteiger partial charge on any atom is -0.481 e. The van der Waals surface area contributed by atoms with Gasteiger partial charge in [0.05, 0.1) is 25.0 Å². The van der Waals surface area contributed by atoms with Crippen LogP contribution in [0.2, 0.25) is 0 Å². The molecule has 0 saturated heterocycles. The van der Waals surface area contributed by atoms with Crippen LogP contribution < -0.4 is 0 Å². The van der Waals surface area contributed by atoms with E-state index in [1.807, 2.05) is 0 Å². The minimum absolute atomic E-state index is 0.0436. The highest BCUT2D eigenvalue weighted by Crippen LogP contribution is 2.33. The molecule has 21 heavy (non-hydrogen) atoms. The Bertz CT molecular complexity index is 397. The van der Waals surface area contributed by atoms with E-state index < -0.39 is 17.8 Å². The van der Waals surface area contributed by atoms with E-state index in [1.54, 1.807) is 14.1 Å². The van der Waals surface area contributed by atoms with Crippen molar-refractivity contribution in [2.45, 2.75) is 19.3 Å². The van der Waals surface area contributed by atoms with Gasteiger partial charge in [0.1, 0.15) is 0 Å². The summed E-state index contributed by atoms with van der Waals surface area (Å²) in [4.78, 5) is 38.4. The third kappa shape index (κ3) is 4.70. The zero-order valence-electron chi connectivity index (χ0n) is 12.9. The van der Waals surface area contributed by atoms with Crippen LogP contribution in [0.1, 0.15) is 19.3 Å². The van der Waals surface area contributed by atoms with Crippen LogP contribution in [0.3, 0.4) is 0 Å². The SMILES string of the molecule is COCCN(CC(=O)N(C)C)C(=O)[C@@H]1CCC[C@@H]1C(=O)O. The second-order valence-electron chi connectivity index (χ2n) is 5.52. The molecule has 0 aromatic heterocycles. The number of hydrogen-bond donors (Lipinski definition) is 1. The van der Waals surface area contributed by atoms with Crippen LogP contribution in [0, 0.1) is 11.8 Å². The monoisotopic (exact) mass is 300 g/mol. The summed E-state index contributed by atoms with van der Waals surface area (Å²) in [5, 5.41) is 9.19. The average molecular weight is 300 g/mol. The summed E-state index contributed by atoms with van der Waals surface area (Å²) < 4.78 is 4.97. The maximum atomic E-state index is 12.6. The third-order valence-electron chi connectivity index (χ3n) is 3.85. The molecule has 7 heteroatoms. The molecule has 0 spiro atoms. The number of rotatable bonds is 7. The molecular formula is C14H24N2O5. The van der Waals surface area contributed by atoms with E-state index in [1.165, 1.54) is 16.9 Å². The van der Waals surface area contributed by atoms with E-state index in [0.717, 1.165) is 6.42 Å². The normalized spacial score (nSPS) is 21.1. The molecule has 1 N–H and O–H groups in total. The molecule has 1 rings (SSSR count). The van der Waals surface area contributed by atoms with Gasteiger partial charge in [0, 0.05) is 27.7 Å². The molecule has 120 valence electrons. The number of likely N-dealkylation sites (N-methyl/N-ethyl adjacent to an activating group) is 1. The lowest BCUT2D eigenvalue weighted by atomic mass is 9.94. The second kappa shape index (κ2) is 7.97. The standard InChI is InChI=1S/C14H24N2O5/c1-15(2)12(17)9-16(7-8-21-3)13(18)10-5-4-6-11(10)14(19)20/h10-11H,4-9H2,1-3H3,(H,19,20)/t10-,11+/m1/s1. The lowest BCUT2D eigenvalue weighted by Gasteiger charge is -2.27. The number of ether oxygens (including phenoxy) is 1. The zero-order chi connectivity index (χ0) is 16.0. The van der Waals surface area contributed by atoms with Gasteiger partial charge in [0.15, 0.2) is 0 Å². The molecule has 2 atom stereocenters. The first-order valence-corrected chi connectivity index (χ1v) is 7.09. The summed E-state index contributed by atoms with van der Waals surface area (Å²) in [6.45, 7) is 0.562. The summed E-state index contributed by atoms with van der Waals surface area (Å²) in [5.41, 5.74) is 0. The molecule has 0 bridgehead atoms. The number of nitrogens with zero attached hydrogens (tertiary/aromatic N) is 2. The van der Waals surface area contributed by atoms with Crippen LogP contribution in [0.25, 0.3) is 0 Å². The minimum atomic E-state index is -0.934. The number of hydrogen-bond acceptors (Lipinski definition) is 4. The highest BCUT2D eigenvalue weighted by atomic mass is 16.5. The number of carboxylic acids is 1. The Kier molecular flexibility index (Phi) is 6.61. The Balaban J connectivity index is 2.78. The fourth-order valence-electron chi connectivity index (χ4n) is 2.56. The molecule has 0 aromatic rings. The molecule has 7 nitrogen and oxygen atoms in total. The first-order chi connectivity index (χ1) is 9.88. The summed E-state index contributed by atoms with van der Waals surface area (Å²) in [6.07, 6.45) is 1.81. The number of amides is 2. The first-order valence-electron chi connectivity index (χ1n) is 7.09. The van der Waals surface area contributed by atoms with Crippen molar-refractivity contribution in [3.05, 3.63) is 0 Å². The smallest absolute Gasteiger partial charge is 0.307 e.